The summed E-state index contributed by atoms with van der Waals surface area (Å²) in [6.45, 7) is 11.9. The van der Waals surface area contributed by atoms with Crippen molar-refractivity contribution in [3.05, 3.63) is 33.4 Å². The van der Waals surface area contributed by atoms with Gasteiger partial charge in [0.25, 0.3) is 0 Å². The maximum Gasteiger partial charge on any atom is 0.0601 e. The number of fused-ring (bicyclic) bond motifs is 1. The van der Waals surface area contributed by atoms with Crippen molar-refractivity contribution in [2.75, 3.05) is 13.1 Å². The molecule has 2 rings (SSSR count). The van der Waals surface area contributed by atoms with E-state index in [0.29, 0.717) is 0 Å². The zero-order valence-corrected chi connectivity index (χ0v) is 11.4. The van der Waals surface area contributed by atoms with Gasteiger partial charge in [0, 0.05) is 13.1 Å². The van der Waals surface area contributed by atoms with Crippen molar-refractivity contribution < 1.29 is 0 Å². The zero-order valence-electron chi connectivity index (χ0n) is 11.4. The lowest BCUT2D eigenvalue weighted by molar-refractivity contribution is 0.285. The first-order valence-corrected chi connectivity index (χ1v) is 6.30. The van der Waals surface area contributed by atoms with Crippen LogP contribution >= 0.6 is 0 Å². The normalized spacial score (nSPS) is 15.5. The van der Waals surface area contributed by atoms with Gasteiger partial charge in [-0.2, -0.15) is 0 Å². The maximum atomic E-state index is 5.41. The van der Waals surface area contributed by atoms with E-state index in [1.54, 1.807) is 5.56 Å². The summed E-state index contributed by atoms with van der Waals surface area (Å²) in [5.74, 6) is 2.75. The molecule has 1 nitrogen and oxygen atoms in total. The van der Waals surface area contributed by atoms with Crippen molar-refractivity contribution in [1.29, 1.82) is 0 Å². The van der Waals surface area contributed by atoms with Crippen LogP contribution in [0.1, 0.15) is 33.4 Å². The zero-order chi connectivity index (χ0) is 12.6. The van der Waals surface area contributed by atoms with E-state index in [-0.39, 0.29) is 0 Å². The van der Waals surface area contributed by atoms with Gasteiger partial charge in [0.15, 0.2) is 0 Å². The van der Waals surface area contributed by atoms with Gasteiger partial charge in [0.2, 0.25) is 0 Å². The van der Waals surface area contributed by atoms with E-state index in [4.69, 9.17) is 6.42 Å². The topological polar surface area (TPSA) is 3.24 Å². The third-order valence-corrected chi connectivity index (χ3v) is 4.33. The van der Waals surface area contributed by atoms with Gasteiger partial charge in [0.05, 0.1) is 6.54 Å². The molecule has 1 aromatic rings. The highest BCUT2D eigenvalue weighted by Gasteiger charge is 2.21. The van der Waals surface area contributed by atoms with Crippen LogP contribution in [0.25, 0.3) is 0 Å². The predicted octanol–water partition coefficient (Wildman–Crippen LogP) is 2.91. The molecule has 0 fully saturated rings. The Bertz CT molecular complexity index is 491. The Hall–Kier alpha value is -1.26. The van der Waals surface area contributed by atoms with E-state index in [0.717, 1.165) is 26.1 Å². The summed E-state index contributed by atoms with van der Waals surface area (Å²) in [4.78, 5) is 2.36. The fourth-order valence-electron chi connectivity index (χ4n) is 2.86. The molecule has 90 valence electrons. The maximum absolute atomic E-state index is 5.41. The second kappa shape index (κ2) is 4.55. The first-order chi connectivity index (χ1) is 8.06. The first kappa shape index (κ1) is 12.2. The lowest BCUT2D eigenvalue weighted by atomic mass is 9.85. The van der Waals surface area contributed by atoms with Crippen LogP contribution in [0.2, 0.25) is 0 Å². The third-order valence-electron chi connectivity index (χ3n) is 4.33. The molecule has 0 spiro atoms. The average Bonchev–Trinajstić information content (AvgIpc) is 2.34. The summed E-state index contributed by atoms with van der Waals surface area (Å²) >= 11 is 0. The minimum Gasteiger partial charge on any atom is -0.288 e. The molecule has 0 radical (unpaired) electrons. The van der Waals surface area contributed by atoms with Crippen LogP contribution in [0.4, 0.5) is 0 Å². The van der Waals surface area contributed by atoms with Gasteiger partial charge in [-0.15, -0.1) is 6.42 Å². The molecule has 0 bridgehead atoms. The summed E-state index contributed by atoms with van der Waals surface area (Å²) in [6, 6.07) is 0. The Balaban J connectivity index is 2.48. The minimum absolute atomic E-state index is 0.769. The van der Waals surface area contributed by atoms with Crippen LogP contribution in [0.3, 0.4) is 0 Å². The fourth-order valence-corrected chi connectivity index (χ4v) is 2.86. The van der Waals surface area contributed by atoms with Crippen LogP contribution in [-0.4, -0.2) is 18.0 Å². The van der Waals surface area contributed by atoms with Gasteiger partial charge in [-0.05, 0) is 67.5 Å². The second-order valence-electron chi connectivity index (χ2n) is 5.12. The second-order valence-corrected chi connectivity index (χ2v) is 5.12. The van der Waals surface area contributed by atoms with E-state index >= 15 is 0 Å². The van der Waals surface area contributed by atoms with Crippen molar-refractivity contribution in [3.63, 3.8) is 0 Å². The summed E-state index contributed by atoms with van der Waals surface area (Å²) in [5, 5.41) is 0. The third kappa shape index (κ3) is 1.98. The summed E-state index contributed by atoms with van der Waals surface area (Å²) in [5.41, 5.74) is 8.95. The summed E-state index contributed by atoms with van der Waals surface area (Å²) in [7, 11) is 0. The van der Waals surface area contributed by atoms with Crippen molar-refractivity contribution in [1.82, 2.24) is 4.90 Å². The highest BCUT2D eigenvalue weighted by molar-refractivity contribution is 5.50. The van der Waals surface area contributed by atoms with Crippen molar-refractivity contribution in [2.45, 2.75) is 40.7 Å². The molecular formula is C16H21N. The highest BCUT2D eigenvalue weighted by Crippen LogP contribution is 2.30. The van der Waals surface area contributed by atoms with Crippen LogP contribution in [0.15, 0.2) is 0 Å². The Morgan fingerprint density at radius 1 is 1.00 bits per heavy atom. The van der Waals surface area contributed by atoms with E-state index in [1.807, 2.05) is 0 Å². The molecule has 17 heavy (non-hydrogen) atoms. The Morgan fingerprint density at radius 3 is 2.18 bits per heavy atom. The molecule has 0 unspecified atom stereocenters. The quantitative estimate of drug-likeness (QED) is 0.667. The van der Waals surface area contributed by atoms with Gasteiger partial charge in [-0.25, -0.2) is 0 Å². The molecule has 0 N–H and O–H groups in total. The summed E-state index contributed by atoms with van der Waals surface area (Å²) in [6.07, 6.45) is 6.55. The molecule has 0 aliphatic carbocycles. The molecule has 0 amide bonds. The molecular weight excluding hydrogens is 206 g/mol. The SMILES string of the molecule is C#CCN1CCc2c(C)c(C)c(C)c(C)c2C1. The van der Waals surface area contributed by atoms with Crippen LogP contribution in [-0.2, 0) is 13.0 Å². The van der Waals surface area contributed by atoms with Crippen LogP contribution in [0, 0.1) is 40.0 Å². The van der Waals surface area contributed by atoms with Crippen molar-refractivity contribution in [3.8, 4) is 12.3 Å². The molecule has 0 aromatic heterocycles. The molecule has 1 heterocycles. The van der Waals surface area contributed by atoms with E-state index in [2.05, 4.69) is 38.5 Å². The van der Waals surface area contributed by atoms with E-state index in [9.17, 15) is 0 Å². The molecule has 0 saturated carbocycles. The van der Waals surface area contributed by atoms with Gasteiger partial charge in [-0.3, -0.25) is 4.90 Å². The number of hydrogen-bond donors (Lipinski definition) is 0. The molecule has 0 saturated heterocycles. The predicted molar refractivity (Wildman–Crippen MR) is 73.2 cm³/mol. The average molecular weight is 227 g/mol. The standard InChI is InChI=1S/C16H21N/c1-6-8-17-9-7-15-13(4)11(2)12(3)14(5)16(15)10-17/h1H,7-10H2,2-5H3. The Kier molecular flexibility index (Phi) is 3.26. The van der Waals surface area contributed by atoms with Crippen molar-refractivity contribution >= 4 is 0 Å². The monoisotopic (exact) mass is 227 g/mol. The van der Waals surface area contributed by atoms with Gasteiger partial charge < -0.3 is 0 Å². The Labute approximate surface area is 105 Å². The minimum atomic E-state index is 0.769. The largest absolute Gasteiger partial charge is 0.288 e. The van der Waals surface area contributed by atoms with E-state index < -0.39 is 0 Å². The molecule has 1 aliphatic rings. The Morgan fingerprint density at radius 2 is 1.59 bits per heavy atom. The fraction of sp³-hybridized carbons (Fsp3) is 0.500. The number of terminal acetylenes is 1. The van der Waals surface area contributed by atoms with Gasteiger partial charge in [0.1, 0.15) is 0 Å². The number of nitrogens with zero attached hydrogens (tertiary/aromatic N) is 1. The molecule has 1 aromatic carbocycles. The smallest absolute Gasteiger partial charge is 0.0601 e. The highest BCUT2D eigenvalue weighted by atomic mass is 15.1. The summed E-state index contributed by atoms with van der Waals surface area (Å²) < 4.78 is 0. The number of hydrogen-bond acceptors (Lipinski definition) is 1. The van der Waals surface area contributed by atoms with E-state index in [1.165, 1.54) is 27.8 Å². The lowest BCUT2D eigenvalue weighted by Crippen LogP contribution is -2.32. The van der Waals surface area contributed by atoms with Crippen LogP contribution < -0.4 is 0 Å². The van der Waals surface area contributed by atoms with Crippen LogP contribution in [0.5, 0.6) is 0 Å². The van der Waals surface area contributed by atoms with Crippen molar-refractivity contribution in [2.24, 2.45) is 0 Å². The van der Waals surface area contributed by atoms with Gasteiger partial charge in [-0.1, -0.05) is 5.92 Å². The number of rotatable bonds is 1. The molecule has 1 heteroatoms. The van der Waals surface area contributed by atoms with Gasteiger partial charge >= 0.3 is 0 Å². The lowest BCUT2D eigenvalue weighted by Gasteiger charge is -2.31. The first-order valence-electron chi connectivity index (χ1n) is 6.30. The molecule has 1 aliphatic heterocycles. The molecule has 0 atom stereocenters. The number of benzene rings is 1.